The molecule has 7 aliphatic rings. The smallest absolute Gasteiger partial charge is 0.309 e. The molecule has 56 heavy (non-hydrogen) atoms. The first kappa shape index (κ1) is 42.4. The number of ketones is 1. The molecule has 3 aliphatic heterocycles. The summed E-state index contributed by atoms with van der Waals surface area (Å²) >= 11 is 0. The predicted octanol–water partition coefficient (Wildman–Crippen LogP) is 4.02. The summed E-state index contributed by atoms with van der Waals surface area (Å²) in [6.07, 6.45) is -2.23. The standard InChI is InChI=1S/C42H66O14/c1-11-20(2)37(47)54-34-35-39(7)15-13-26(53-29-19-28(48-9)32(23(5)50-29)55-38-31(46)33(49-10)30(45)22(4)51-38)18-25(39)12-16-41(35)42(56-41)17-14-27(21(3)43)40(42,8)36(34)52-24(6)44/h20,22-23,25-36,38,45-46H,11-19H2,1-10H3/t20?,22-,23-,25+,26+,27+,28-,29+,30-,31-,32-,33-,34+,35-,36-,38?,39+,40+,41+,42-/m1/s1. The van der Waals surface area contributed by atoms with Crippen molar-refractivity contribution in [3.8, 4) is 0 Å². The zero-order valence-electron chi connectivity index (χ0n) is 34.9. The molecule has 14 nitrogen and oxygen atoms in total. The van der Waals surface area contributed by atoms with Gasteiger partial charge in [0.05, 0.1) is 30.3 Å². The number of epoxide rings is 1. The van der Waals surface area contributed by atoms with Crippen molar-refractivity contribution in [2.45, 2.75) is 198 Å². The predicted molar refractivity (Wildman–Crippen MR) is 198 cm³/mol. The lowest BCUT2D eigenvalue weighted by molar-refractivity contribution is -0.343. The Bertz CT molecular complexity index is 1490. The van der Waals surface area contributed by atoms with Gasteiger partial charge < -0.3 is 52.8 Å². The Labute approximate surface area is 331 Å². The van der Waals surface area contributed by atoms with E-state index < -0.39 is 90.1 Å². The van der Waals surface area contributed by atoms with Gasteiger partial charge in [-0.05, 0) is 83.5 Å². The number of carbonyl (C=O) groups is 3. The number of ether oxygens (including phenoxy) is 9. The molecule has 0 bridgehead atoms. The minimum Gasteiger partial charge on any atom is -0.458 e. The van der Waals surface area contributed by atoms with Crippen molar-refractivity contribution in [3.05, 3.63) is 0 Å². The van der Waals surface area contributed by atoms with Gasteiger partial charge in [0.2, 0.25) is 0 Å². The molecule has 14 heteroatoms. The molecule has 0 radical (unpaired) electrons. The molecule has 4 aliphatic carbocycles. The van der Waals surface area contributed by atoms with Crippen molar-refractivity contribution in [1.29, 1.82) is 0 Å². The second-order valence-corrected chi connectivity index (χ2v) is 18.6. The third-order valence-electron chi connectivity index (χ3n) is 15.8. The van der Waals surface area contributed by atoms with E-state index in [0.717, 1.165) is 32.1 Å². The zero-order chi connectivity index (χ0) is 40.7. The summed E-state index contributed by atoms with van der Waals surface area (Å²) in [6.45, 7) is 14.7. The van der Waals surface area contributed by atoms with E-state index in [9.17, 15) is 24.6 Å². The summed E-state index contributed by atoms with van der Waals surface area (Å²) in [5, 5.41) is 21.3. The van der Waals surface area contributed by atoms with Gasteiger partial charge in [0.1, 0.15) is 53.6 Å². The first-order valence-electron chi connectivity index (χ1n) is 21.0. The molecule has 0 amide bonds. The van der Waals surface area contributed by atoms with Gasteiger partial charge in [-0.1, -0.05) is 27.7 Å². The summed E-state index contributed by atoms with van der Waals surface area (Å²) in [5.74, 6) is -1.53. The van der Waals surface area contributed by atoms with Crippen molar-refractivity contribution in [1.82, 2.24) is 0 Å². The van der Waals surface area contributed by atoms with Crippen molar-refractivity contribution in [3.63, 3.8) is 0 Å². The maximum Gasteiger partial charge on any atom is 0.309 e. The van der Waals surface area contributed by atoms with Crippen molar-refractivity contribution >= 4 is 17.7 Å². The van der Waals surface area contributed by atoms with E-state index in [0.29, 0.717) is 25.7 Å². The fourth-order valence-electron chi connectivity index (χ4n) is 12.7. The number of esters is 2. The Balaban J connectivity index is 1.10. The van der Waals surface area contributed by atoms with Crippen LogP contribution in [-0.4, -0.2) is 127 Å². The third-order valence-corrected chi connectivity index (χ3v) is 15.8. The van der Waals surface area contributed by atoms with E-state index in [2.05, 4.69) is 6.92 Å². The summed E-state index contributed by atoms with van der Waals surface area (Å²) in [7, 11) is 3.04. The van der Waals surface area contributed by atoms with Crippen LogP contribution in [0.15, 0.2) is 0 Å². The van der Waals surface area contributed by atoms with Crippen molar-refractivity contribution < 1.29 is 67.2 Å². The number of Topliss-reactive ketones (excluding diaryl/α,β-unsaturated/α-hetero) is 1. The lowest BCUT2D eigenvalue weighted by Gasteiger charge is -2.61. The summed E-state index contributed by atoms with van der Waals surface area (Å²) in [4.78, 5) is 39.9. The van der Waals surface area contributed by atoms with Gasteiger partial charge in [-0.2, -0.15) is 0 Å². The SMILES string of the molecule is CCC(C)C(=O)O[C@@H]1[C@@H](OC(C)=O)[C@]2(C)[C@H](C(C)=O)CC[C@@]23O[C@]32CC[C@H]3C[C@@H](O[C@H]4C[C@@H](OC)[C@H](OC5O[C@H](C)[C@@H](O)[C@@H](OC)[C@H]5O)[C@@H](C)O4)CC[C@]3(C)[C@@H]12. The molecule has 0 aromatic rings. The number of aliphatic hydroxyl groups excluding tert-OH is 2. The van der Waals surface area contributed by atoms with Crippen LogP contribution in [-0.2, 0) is 57.0 Å². The van der Waals surface area contributed by atoms with E-state index in [1.54, 1.807) is 21.0 Å². The van der Waals surface area contributed by atoms with Gasteiger partial charge in [-0.25, -0.2) is 0 Å². The van der Waals surface area contributed by atoms with E-state index in [1.807, 2.05) is 27.7 Å². The van der Waals surface area contributed by atoms with E-state index >= 15 is 0 Å². The van der Waals surface area contributed by atoms with E-state index in [-0.39, 0.29) is 46.9 Å². The highest BCUT2D eigenvalue weighted by molar-refractivity contribution is 5.81. The number of hydrogen-bond acceptors (Lipinski definition) is 14. The minimum absolute atomic E-state index is 0.0390. The van der Waals surface area contributed by atoms with Crippen molar-refractivity contribution in [2.24, 2.45) is 34.5 Å². The molecule has 4 saturated carbocycles. The highest BCUT2D eigenvalue weighted by Crippen LogP contribution is 2.81. The van der Waals surface area contributed by atoms with Crippen molar-refractivity contribution in [2.75, 3.05) is 14.2 Å². The highest BCUT2D eigenvalue weighted by atomic mass is 16.7. The highest BCUT2D eigenvalue weighted by Gasteiger charge is 2.91. The van der Waals surface area contributed by atoms with Gasteiger partial charge in [0.15, 0.2) is 12.6 Å². The van der Waals surface area contributed by atoms with E-state index in [1.165, 1.54) is 14.0 Å². The second-order valence-electron chi connectivity index (χ2n) is 18.6. The van der Waals surface area contributed by atoms with Gasteiger partial charge in [-0.15, -0.1) is 0 Å². The molecule has 0 aromatic carbocycles. The molecule has 2 N–H and O–H groups in total. The zero-order valence-corrected chi connectivity index (χ0v) is 34.9. The number of aliphatic hydroxyl groups is 2. The van der Waals surface area contributed by atoms with Crippen LogP contribution < -0.4 is 0 Å². The number of methoxy groups -OCH3 is 2. The number of hydrogen-bond donors (Lipinski definition) is 2. The van der Waals surface area contributed by atoms with Gasteiger partial charge >= 0.3 is 11.9 Å². The summed E-state index contributed by atoms with van der Waals surface area (Å²) in [6, 6.07) is 0. The monoisotopic (exact) mass is 794 g/mol. The molecule has 2 unspecified atom stereocenters. The first-order valence-corrected chi connectivity index (χ1v) is 21.0. The maximum atomic E-state index is 13.7. The van der Waals surface area contributed by atoms with Crippen LogP contribution in [0.4, 0.5) is 0 Å². The Hall–Kier alpha value is -1.75. The first-order chi connectivity index (χ1) is 26.4. The summed E-state index contributed by atoms with van der Waals surface area (Å²) in [5.41, 5.74) is -2.43. The molecular weight excluding hydrogens is 728 g/mol. The topological polar surface area (TPSA) is 178 Å². The van der Waals surface area contributed by atoms with Crippen LogP contribution in [0.1, 0.15) is 113 Å². The average Bonchev–Trinajstić information content (AvgIpc) is 3.70. The Morgan fingerprint density at radius 2 is 1.57 bits per heavy atom. The second kappa shape index (κ2) is 15.4. The van der Waals surface area contributed by atoms with Crippen LogP contribution in [0.5, 0.6) is 0 Å². The van der Waals surface area contributed by atoms with Crippen LogP contribution in [0, 0.1) is 34.5 Å². The average molecular weight is 795 g/mol. The molecule has 3 saturated heterocycles. The molecule has 7 rings (SSSR count). The lowest BCUT2D eigenvalue weighted by atomic mass is 9.43. The molecule has 2 spiro atoms. The largest absolute Gasteiger partial charge is 0.458 e. The number of carbonyl (C=O) groups excluding carboxylic acids is 3. The molecule has 318 valence electrons. The molecular formula is C42H66O14. The van der Waals surface area contributed by atoms with Gasteiger partial charge in [-0.3, -0.25) is 14.4 Å². The molecule has 20 atom stereocenters. The van der Waals surface area contributed by atoms with Crippen LogP contribution in [0.25, 0.3) is 0 Å². The molecule has 7 fully saturated rings. The normalized spacial score (nSPS) is 51.4. The number of fused-ring (bicyclic) bond motifs is 2. The van der Waals surface area contributed by atoms with Gasteiger partial charge in [0, 0.05) is 44.8 Å². The lowest BCUT2D eigenvalue weighted by Crippen LogP contribution is -2.70. The Morgan fingerprint density at radius 1 is 0.839 bits per heavy atom. The minimum atomic E-state index is -1.21. The number of rotatable bonds is 11. The van der Waals surface area contributed by atoms with Gasteiger partial charge in [0.25, 0.3) is 0 Å². The summed E-state index contributed by atoms with van der Waals surface area (Å²) < 4.78 is 56.5. The maximum absolute atomic E-state index is 13.7. The Morgan fingerprint density at radius 3 is 2.21 bits per heavy atom. The quantitative estimate of drug-likeness (QED) is 0.174. The fourth-order valence-corrected chi connectivity index (χ4v) is 12.7. The van der Waals surface area contributed by atoms with Crippen LogP contribution in [0.3, 0.4) is 0 Å². The van der Waals surface area contributed by atoms with Crippen LogP contribution in [0.2, 0.25) is 0 Å². The molecule has 0 aromatic heterocycles. The third kappa shape index (κ3) is 6.42. The fraction of sp³-hybridized carbons (Fsp3) is 0.929. The van der Waals surface area contributed by atoms with Crippen LogP contribution >= 0.6 is 0 Å². The van der Waals surface area contributed by atoms with E-state index in [4.69, 9.17) is 42.6 Å². The molecule has 3 heterocycles. The Kier molecular flexibility index (Phi) is 11.6.